The molecule has 2 aromatic rings. The first-order chi connectivity index (χ1) is 9.50. The Morgan fingerprint density at radius 1 is 1.35 bits per heavy atom. The molecule has 20 heavy (non-hydrogen) atoms. The molecule has 2 rings (SSSR count). The van der Waals surface area contributed by atoms with Gasteiger partial charge in [-0.05, 0) is 12.3 Å². The summed E-state index contributed by atoms with van der Waals surface area (Å²) in [5.74, 6) is -0.548. The number of rotatable bonds is 5. The van der Waals surface area contributed by atoms with Crippen molar-refractivity contribution in [3.63, 3.8) is 0 Å². The molecule has 0 atom stereocenters. The molecule has 0 unspecified atom stereocenters. The number of aromatic nitrogens is 2. The number of aryl methyl sites for hydroxylation is 1. The van der Waals surface area contributed by atoms with Gasteiger partial charge < -0.3 is 5.11 Å². The van der Waals surface area contributed by atoms with Crippen LogP contribution in [-0.4, -0.2) is 20.9 Å². The number of halogens is 1. The van der Waals surface area contributed by atoms with Crippen LogP contribution in [0.25, 0.3) is 11.3 Å². The molecule has 0 spiro atoms. The van der Waals surface area contributed by atoms with Gasteiger partial charge in [-0.2, -0.15) is 5.10 Å². The Labute approximate surface area is 123 Å². The summed E-state index contributed by atoms with van der Waals surface area (Å²) >= 11 is 6.18. The highest BCUT2D eigenvalue weighted by Gasteiger charge is 2.23. The number of carboxylic acid groups (broad SMARTS) is 1. The molecule has 0 aliphatic heterocycles. The number of carboxylic acids is 1. The highest BCUT2D eigenvalue weighted by Crippen LogP contribution is 2.29. The van der Waals surface area contributed by atoms with Crippen molar-refractivity contribution < 1.29 is 9.90 Å². The van der Waals surface area contributed by atoms with Gasteiger partial charge in [0.05, 0.1) is 0 Å². The largest absolute Gasteiger partial charge is 0.478 e. The lowest BCUT2D eigenvalue weighted by molar-refractivity contribution is 0.0698. The van der Waals surface area contributed by atoms with Crippen LogP contribution in [0.2, 0.25) is 5.15 Å². The van der Waals surface area contributed by atoms with Crippen molar-refractivity contribution in [1.82, 2.24) is 9.78 Å². The SMILES string of the molecule is CC(C)CCn1nc(-c2ccccc2)c(C(=O)O)c1Cl. The lowest BCUT2D eigenvalue weighted by atomic mass is 10.1. The maximum atomic E-state index is 11.4. The van der Waals surface area contributed by atoms with Crippen molar-refractivity contribution in [2.24, 2.45) is 5.92 Å². The van der Waals surface area contributed by atoms with Crippen molar-refractivity contribution in [3.8, 4) is 11.3 Å². The molecule has 0 aliphatic carbocycles. The fraction of sp³-hybridized carbons (Fsp3) is 0.333. The Morgan fingerprint density at radius 3 is 2.55 bits per heavy atom. The summed E-state index contributed by atoms with van der Waals surface area (Å²) < 4.78 is 1.58. The second kappa shape index (κ2) is 6.09. The van der Waals surface area contributed by atoms with E-state index in [4.69, 9.17) is 11.6 Å². The van der Waals surface area contributed by atoms with E-state index in [1.165, 1.54) is 0 Å². The quantitative estimate of drug-likeness (QED) is 0.908. The van der Waals surface area contributed by atoms with E-state index in [1.807, 2.05) is 30.3 Å². The van der Waals surface area contributed by atoms with Gasteiger partial charge in [-0.25, -0.2) is 4.79 Å². The number of aromatic carboxylic acids is 1. The minimum atomic E-state index is -1.05. The molecule has 4 nitrogen and oxygen atoms in total. The lowest BCUT2D eigenvalue weighted by Gasteiger charge is -2.05. The van der Waals surface area contributed by atoms with E-state index >= 15 is 0 Å². The maximum absolute atomic E-state index is 11.4. The zero-order valence-electron chi connectivity index (χ0n) is 11.5. The van der Waals surface area contributed by atoms with Crippen molar-refractivity contribution in [2.45, 2.75) is 26.8 Å². The number of nitrogens with zero attached hydrogens (tertiary/aromatic N) is 2. The summed E-state index contributed by atoms with van der Waals surface area (Å²) in [6.45, 7) is 4.82. The molecule has 106 valence electrons. The molecule has 0 radical (unpaired) electrons. The Bertz CT molecular complexity index is 606. The van der Waals surface area contributed by atoms with E-state index in [9.17, 15) is 9.90 Å². The van der Waals surface area contributed by atoms with Crippen LogP contribution in [0.3, 0.4) is 0 Å². The first-order valence-electron chi connectivity index (χ1n) is 6.55. The highest BCUT2D eigenvalue weighted by atomic mass is 35.5. The lowest BCUT2D eigenvalue weighted by Crippen LogP contribution is -2.04. The molecular weight excluding hydrogens is 276 g/mol. The molecule has 0 saturated carbocycles. The third-order valence-electron chi connectivity index (χ3n) is 3.07. The van der Waals surface area contributed by atoms with E-state index < -0.39 is 5.97 Å². The molecule has 0 bridgehead atoms. The van der Waals surface area contributed by atoms with Gasteiger partial charge in [-0.15, -0.1) is 0 Å². The maximum Gasteiger partial charge on any atom is 0.341 e. The van der Waals surface area contributed by atoms with E-state index in [2.05, 4.69) is 18.9 Å². The van der Waals surface area contributed by atoms with Crippen LogP contribution >= 0.6 is 11.6 Å². The second-order valence-corrected chi connectivity index (χ2v) is 5.45. The minimum absolute atomic E-state index is 0.0709. The normalized spacial score (nSPS) is 11.0. The molecule has 1 aromatic carbocycles. The third-order valence-corrected chi connectivity index (χ3v) is 3.45. The Balaban J connectivity index is 2.46. The summed E-state index contributed by atoms with van der Waals surface area (Å²) in [5.41, 5.74) is 1.25. The predicted molar refractivity (Wildman–Crippen MR) is 79.1 cm³/mol. The van der Waals surface area contributed by atoms with Gasteiger partial charge in [0.2, 0.25) is 0 Å². The molecule has 1 heterocycles. The summed E-state index contributed by atoms with van der Waals surface area (Å²) in [5, 5.41) is 13.9. The summed E-state index contributed by atoms with van der Waals surface area (Å²) in [7, 11) is 0. The zero-order chi connectivity index (χ0) is 14.7. The molecule has 0 saturated heterocycles. The van der Waals surface area contributed by atoms with E-state index in [0.29, 0.717) is 18.2 Å². The van der Waals surface area contributed by atoms with Gasteiger partial charge >= 0.3 is 5.97 Å². The Morgan fingerprint density at radius 2 is 2.00 bits per heavy atom. The van der Waals surface area contributed by atoms with Crippen LogP contribution in [0.4, 0.5) is 0 Å². The van der Waals surface area contributed by atoms with Crippen molar-refractivity contribution >= 4 is 17.6 Å². The van der Waals surface area contributed by atoms with Crippen LogP contribution in [0.5, 0.6) is 0 Å². The summed E-state index contributed by atoms with van der Waals surface area (Å²) in [6, 6.07) is 9.24. The number of hydrogen-bond donors (Lipinski definition) is 1. The van der Waals surface area contributed by atoms with Gasteiger partial charge in [0, 0.05) is 12.1 Å². The highest BCUT2D eigenvalue weighted by molar-refractivity contribution is 6.33. The van der Waals surface area contributed by atoms with Crippen LogP contribution in [0.15, 0.2) is 30.3 Å². The number of carbonyl (C=O) groups is 1. The van der Waals surface area contributed by atoms with Crippen LogP contribution < -0.4 is 0 Å². The average molecular weight is 293 g/mol. The fourth-order valence-electron chi connectivity index (χ4n) is 1.96. The monoisotopic (exact) mass is 292 g/mol. The number of benzene rings is 1. The molecule has 0 aliphatic rings. The molecule has 0 amide bonds. The Hall–Kier alpha value is -1.81. The summed E-state index contributed by atoms with van der Waals surface area (Å²) in [4.78, 5) is 11.4. The van der Waals surface area contributed by atoms with Gasteiger partial charge in [0.15, 0.2) is 0 Å². The van der Waals surface area contributed by atoms with Crippen LogP contribution in [0.1, 0.15) is 30.6 Å². The fourth-order valence-corrected chi connectivity index (χ4v) is 2.25. The first kappa shape index (κ1) is 14.6. The molecule has 1 N–H and O–H groups in total. The van der Waals surface area contributed by atoms with Crippen molar-refractivity contribution in [2.75, 3.05) is 0 Å². The topological polar surface area (TPSA) is 55.1 Å². The van der Waals surface area contributed by atoms with E-state index in [1.54, 1.807) is 4.68 Å². The standard InChI is InChI=1S/C15H17ClN2O2/c1-10(2)8-9-18-14(16)12(15(19)20)13(17-18)11-6-4-3-5-7-11/h3-7,10H,8-9H2,1-2H3,(H,19,20). The van der Waals surface area contributed by atoms with Crippen LogP contribution in [0, 0.1) is 5.92 Å². The second-order valence-electron chi connectivity index (χ2n) is 5.09. The van der Waals surface area contributed by atoms with E-state index in [0.717, 1.165) is 12.0 Å². The van der Waals surface area contributed by atoms with Crippen molar-refractivity contribution in [3.05, 3.63) is 41.0 Å². The molecule has 0 fully saturated rings. The van der Waals surface area contributed by atoms with Gasteiger partial charge in [0.1, 0.15) is 16.4 Å². The van der Waals surface area contributed by atoms with Crippen LogP contribution in [-0.2, 0) is 6.54 Å². The predicted octanol–water partition coefficient (Wildman–Crippen LogP) is 3.95. The van der Waals surface area contributed by atoms with Crippen molar-refractivity contribution in [1.29, 1.82) is 0 Å². The van der Waals surface area contributed by atoms with Gasteiger partial charge in [0.25, 0.3) is 0 Å². The third kappa shape index (κ3) is 3.02. The molecular formula is C15H17ClN2O2. The van der Waals surface area contributed by atoms with Gasteiger partial charge in [-0.1, -0.05) is 55.8 Å². The summed E-state index contributed by atoms with van der Waals surface area (Å²) in [6.07, 6.45) is 0.898. The first-order valence-corrected chi connectivity index (χ1v) is 6.93. The smallest absolute Gasteiger partial charge is 0.341 e. The molecule has 5 heteroatoms. The average Bonchev–Trinajstić information content (AvgIpc) is 2.74. The molecule has 1 aromatic heterocycles. The zero-order valence-corrected chi connectivity index (χ0v) is 12.3. The Kier molecular flexibility index (Phi) is 4.45. The minimum Gasteiger partial charge on any atom is -0.478 e. The van der Waals surface area contributed by atoms with E-state index in [-0.39, 0.29) is 10.7 Å². The number of hydrogen-bond acceptors (Lipinski definition) is 2. The van der Waals surface area contributed by atoms with Gasteiger partial charge in [-0.3, -0.25) is 4.68 Å².